The number of morpholine rings is 1. The molecule has 5 rings (SSSR count). The van der Waals surface area contributed by atoms with Crippen LogP contribution in [0.5, 0.6) is 23.0 Å². The molecule has 45 heavy (non-hydrogen) atoms. The summed E-state index contributed by atoms with van der Waals surface area (Å²) in [6, 6.07) is 19.7. The summed E-state index contributed by atoms with van der Waals surface area (Å²) in [6.07, 6.45) is 0.480. The van der Waals surface area contributed by atoms with Crippen LogP contribution in [0, 0.1) is 0 Å². The number of nitrogens with zero attached hydrogens (tertiary/aromatic N) is 4. The van der Waals surface area contributed by atoms with Crippen LogP contribution in [-0.2, 0) is 9.53 Å². The molecule has 0 aromatic heterocycles. The Labute approximate surface area is 263 Å². The molecule has 0 bridgehead atoms. The smallest absolute Gasteiger partial charge is 0.262 e. The van der Waals surface area contributed by atoms with E-state index in [0.29, 0.717) is 55.5 Å². The van der Waals surface area contributed by atoms with Crippen LogP contribution in [0.25, 0.3) is 0 Å². The standard InChI is InChI=1S/C34H40N4O7/c1-41-27-10-5-24(6-11-27)29-22-30(26-9-14-31(43-3)32(21-26)44-4)38(35-29)33(39)23-37(16-15-36-17-19-45-20-18-36)34(40)25-7-12-28(42-2)13-8-25/h5-14,21,30H,15-20,22-23H2,1-4H3. The van der Waals surface area contributed by atoms with Crippen molar-refractivity contribution in [3.05, 3.63) is 83.4 Å². The van der Waals surface area contributed by atoms with Crippen LogP contribution < -0.4 is 18.9 Å². The van der Waals surface area contributed by atoms with E-state index in [2.05, 4.69) is 4.90 Å². The summed E-state index contributed by atoms with van der Waals surface area (Å²) in [5, 5.41) is 6.34. The van der Waals surface area contributed by atoms with Crippen molar-refractivity contribution in [3.63, 3.8) is 0 Å². The second-order valence-corrected chi connectivity index (χ2v) is 10.8. The number of carbonyl (C=O) groups excluding carboxylic acids is 2. The first kappa shape index (κ1) is 31.8. The van der Waals surface area contributed by atoms with Crippen LogP contribution in [-0.4, -0.2) is 107 Å². The number of carbonyl (C=O) groups is 2. The topological polar surface area (TPSA) is 102 Å². The lowest BCUT2D eigenvalue weighted by atomic mass is 9.98. The molecule has 0 radical (unpaired) electrons. The van der Waals surface area contributed by atoms with E-state index >= 15 is 0 Å². The molecule has 0 N–H and O–H groups in total. The molecule has 0 aliphatic carbocycles. The predicted molar refractivity (Wildman–Crippen MR) is 169 cm³/mol. The lowest BCUT2D eigenvalue weighted by molar-refractivity contribution is -0.133. The number of methoxy groups -OCH3 is 4. The lowest BCUT2D eigenvalue weighted by Crippen LogP contribution is -2.46. The Morgan fingerprint density at radius 2 is 1.49 bits per heavy atom. The van der Waals surface area contributed by atoms with Gasteiger partial charge in [0.15, 0.2) is 11.5 Å². The molecular formula is C34H40N4O7. The Bertz CT molecular complexity index is 1490. The third kappa shape index (κ3) is 7.55. The van der Waals surface area contributed by atoms with Gasteiger partial charge in [0.05, 0.1) is 53.4 Å². The van der Waals surface area contributed by atoms with Crippen molar-refractivity contribution in [3.8, 4) is 23.0 Å². The van der Waals surface area contributed by atoms with Crippen LogP contribution in [0.3, 0.4) is 0 Å². The Hall–Kier alpha value is -4.61. The minimum atomic E-state index is -0.411. The third-order valence-corrected chi connectivity index (χ3v) is 8.12. The molecule has 1 atom stereocenters. The van der Waals surface area contributed by atoms with Crippen LogP contribution in [0.1, 0.15) is 33.9 Å². The number of hydrazone groups is 1. The molecule has 2 amide bonds. The minimum absolute atomic E-state index is 0.140. The molecule has 2 heterocycles. The van der Waals surface area contributed by atoms with Gasteiger partial charge in [-0.2, -0.15) is 5.10 Å². The van der Waals surface area contributed by atoms with Crippen molar-refractivity contribution in [2.24, 2.45) is 5.10 Å². The second-order valence-electron chi connectivity index (χ2n) is 10.8. The first-order valence-electron chi connectivity index (χ1n) is 14.9. The summed E-state index contributed by atoms with van der Waals surface area (Å²) >= 11 is 0. The molecule has 2 aliphatic heterocycles. The quantitative estimate of drug-likeness (QED) is 0.302. The van der Waals surface area contributed by atoms with Crippen molar-refractivity contribution in [1.82, 2.24) is 14.8 Å². The molecule has 2 aliphatic rings. The monoisotopic (exact) mass is 616 g/mol. The number of rotatable bonds is 12. The fourth-order valence-electron chi connectivity index (χ4n) is 5.51. The minimum Gasteiger partial charge on any atom is -0.497 e. The van der Waals surface area contributed by atoms with Crippen molar-refractivity contribution in [2.45, 2.75) is 12.5 Å². The second kappa shape index (κ2) is 14.9. The fraction of sp³-hybridized carbons (Fsp3) is 0.382. The van der Waals surface area contributed by atoms with Gasteiger partial charge in [0, 0.05) is 38.2 Å². The van der Waals surface area contributed by atoms with E-state index in [1.54, 1.807) is 57.6 Å². The van der Waals surface area contributed by atoms with Gasteiger partial charge in [0.2, 0.25) is 0 Å². The number of hydrogen-bond donors (Lipinski definition) is 0. The SMILES string of the molecule is COc1ccc(C(=O)N(CCN2CCOCC2)CC(=O)N2N=C(c3ccc(OC)cc3)CC2c2ccc(OC)c(OC)c2)cc1. The molecular weight excluding hydrogens is 576 g/mol. The first-order chi connectivity index (χ1) is 21.9. The summed E-state index contributed by atoms with van der Waals surface area (Å²) in [4.78, 5) is 31.8. The van der Waals surface area contributed by atoms with Crippen LogP contribution >= 0.6 is 0 Å². The van der Waals surface area contributed by atoms with Gasteiger partial charge in [-0.25, -0.2) is 5.01 Å². The zero-order chi connectivity index (χ0) is 31.8. The normalized spacial score (nSPS) is 16.6. The van der Waals surface area contributed by atoms with E-state index in [0.717, 1.165) is 35.7 Å². The highest BCUT2D eigenvalue weighted by Crippen LogP contribution is 2.37. The first-order valence-corrected chi connectivity index (χ1v) is 14.9. The lowest BCUT2D eigenvalue weighted by Gasteiger charge is -2.31. The Morgan fingerprint density at radius 3 is 2.11 bits per heavy atom. The zero-order valence-corrected chi connectivity index (χ0v) is 26.2. The molecule has 11 nitrogen and oxygen atoms in total. The van der Waals surface area contributed by atoms with Gasteiger partial charge in [0.1, 0.15) is 18.0 Å². The maximum atomic E-state index is 14.2. The molecule has 3 aromatic rings. The van der Waals surface area contributed by atoms with E-state index in [4.69, 9.17) is 28.8 Å². The molecule has 3 aromatic carbocycles. The Kier molecular flexibility index (Phi) is 10.5. The van der Waals surface area contributed by atoms with Crippen LogP contribution in [0.4, 0.5) is 0 Å². The van der Waals surface area contributed by atoms with Crippen molar-refractivity contribution in [1.29, 1.82) is 0 Å². The summed E-state index contributed by atoms with van der Waals surface area (Å²) in [6.45, 7) is 3.71. The van der Waals surface area contributed by atoms with E-state index in [1.165, 1.54) is 5.01 Å². The highest BCUT2D eigenvalue weighted by molar-refractivity contribution is 6.04. The number of benzene rings is 3. The highest BCUT2D eigenvalue weighted by Gasteiger charge is 2.35. The van der Waals surface area contributed by atoms with Gasteiger partial charge in [-0.1, -0.05) is 6.07 Å². The van der Waals surface area contributed by atoms with Gasteiger partial charge in [-0.05, 0) is 71.8 Å². The van der Waals surface area contributed by atoms with Gasteiger partial charge < -0.3 is 28.6 Å². The average molecular weight is 617 g/mol. The summed E-state index contributed by atoms with van der Waals surface area (Å²) < 4.78 is 27.1. The van der Waals surface area contributed by atoms with E-state index in [9.17, 15) is 9.59 Å². The van der Waals surface area contributed by atoms with E-state index in [1.807, 2.05) is 42.5 Å². The van der Waals surface area contributed by atoms with Crippen LogP contribution in [0.15, 0.2) is 71.8 Å². The van der Waals surface area contributed by atoms with Gasteiger partial charge in [-0.3, -0.25) is 14.5 Å². The third-order valence-electron chi connectivity index (χ3n) is 8.12. The average Bonchev–Trinajstić information content (AvgIpc) is 3.55. The maximum Gasteiger partial charge on any atom is 0.262 e. The van der Waals surface area contributed by atoms with Gasteiger partial charge in [0.25, 0.3) is 11.8 Å². The number of amides is 2. The molecule has 238 valence electrons. The molecule has 1 saturated heterocycles. The molecule has 0 saturated carbocycles. The largest absolute Gasteiger partial charge is 0.497 e. The number of hydrogen-bond acceptors (Lipinski definition) is 9. The molecule has 11 heteroatoms. The van der Waals surface area contributed by atoms with Crippen molar-refractivity contribution < 1.29 is 33.3 Å². The molecule has 1 unspecified atom stereocenters. The predicted octanol–water partition coefficient (Wildman–Crippen LogP) is 3.87. The summed E-state index contributed by atoms with van der Waals surface area (Å²) in [5.41, 5.74) is 2.96. The van der Waals surface area contributed by atoms with Crippen LogP contribution in [0.2, 0.25) is 0 Å². The molecule has 0 spiro atoms. The number of ether oxygens (including phenoxy) is 5. The Balaban J connectivity index is 1.44. The van der Waals surface area contributed by atoms with Gasteiger partial charge >= 0.3 is 0 Å². The van der Waals surface area contributed by atoms with E-state index in [-0.39, 0.29) is 18.4 Å². The van der Waals surface area contributed by atoms with Gasteiger partial charge in [-0.15, -0.1) is 0 Å². The maximum absolute atomic E-state index is 14.2. The van der Waals surface area contributed by atoms with Crippen molar-refractivity contribution in [2.75, 3.05) is 74.4 Å². The summed E-state index contributed by atoms with van der Waals surface area (Å²) in [5.74, 6) is 2.00. The Morgan fingerprint density at radius 1 is 0.844 bits per heavy atom. The summed E-state index contributed by atoms with van der Waals surface area (Å²) in [7, 11) is 6.36. The fourth-order valence-corrected chi connectivity index (χ4v) is 5.51. The van der Waals surface area contributed by atoms with E-state index < -0.39 is 6.04 Å². The van der Waals surface area contributed by atoms with Crippen molar-refractivity contribution >= 4 is 17.5 Å². The molecule has 1 fully saturated rings. The highest BCUT2D eigenvalue weighted by atomic mass is 16.5. The zero-order valence-electron chi connectivity index (χ0n) is 26.2.